The number of aromatic nitrogens is 1. The van der Waals surface area contributed by atoms with Gasteiger partial charge in [0.25, 0.3) is 5.56 Å². The summed E-state index contributed by atoms with van der Waals surface area (Å²) in [7, 11) is 0. The number of nitrogens with zero attached hydrogens (tertiary/aromatic N) is 2. The summed E-state index contributed by atoms with van der Waals surface area (Å²) in [5.41, 5.74) is -0.0289. The van der Waals surface area contributed by atoms with Gasteiger partial charge in [-0.2, -0.15) is 5.26 Å². The maximum Gasteiger partial charge on any atom is 0.265 e. The molecule has 2 heterocycles. The van der Waals surface area contributed by atoms with Crippen LogP contribution < -0.4 is 15.6 Å². The number of carbonyl (C=O) groups excluding carboxylic acids is 1. The molecule has 140 valence electrons. The van der Waals surface area contributed by atoms with Crippen LogP contribution in [0, 0.1) is 11.3 Å². The molecular weight excluding hydrogens is 414 g/mol. The highest BCUT2D eigenvalue weighted by Crippen LogP contribution is 2.42. The first kappa shape index (κ1) is 19.1. The summed E-state index contributed by atoms with van der Waals surface area (Å²) in [4.78, 5) is 24.2. The molecule has 1 aromatic carbocycles. The van der Waals surface area contributed by atoms with E-state index >= 15 is 0 Å². The fourth-order valence-electron chi connectivity index (χ4n) is 3.18. The molecule has 1 aliphatic rings. The average Bonchev–Trinajstić information content (AvgIpc) is 2.58. The summed E-state index contributed by atoms with van der Waals surface area (Å²) >= 11 is 3.22. The third-order valence-electron chi connectivity index (χ3n) is 4.46. The Morgan fingerprint density at radius 1 is 1.41 bits per heavy atom. The van der Waals surface area contributed by atoms with Crippen LogP contribution >= 0.6 is 15.9 Å². The van der Waals surface area contributed by atoms with Gasteiger partial charge in [-0.05, 0) is 54.0 Å². The van der Waals surface area contributed by atoms with E-state index in [0.717, 1.165) is 0 Å². The van der Waals surface area contributed by atoms with E-state index in [1.807, 2.05) is 0 Å². The van der Waals surface area contributed by atoms with Crippen molar-refractivity contribution in [2.45, 2.75) is 38.5 Å². The molecule has 0 bridgehead atoms. The molecule has 7 nitrogen and oxygen atoms in total. The van der Waals surface area contributed by atoms with Crippen molar-refractivity contribution in [2.24, 2.45) is 0 Å². The number of aliphatic hydroxyl groups is 1. The smallest absolute Gasteiger partial charge is 0.265 e. The van der Waals surface area contributed by atoms with E-state index in [4.69, 9.17) is 4.74 Å². The van der Waals surface area contributed by atoms with Gasteiger partial charge < -0.3 is 19.7 Å². The number of aliphatic hydroxyl groups excluding tert-OH is 1. The fraction of sp³-hybridized carbons (Fsp3) is 0.316. The van der Waals surface area contributed by atoms with Gasteiger partial charge in [0.2, 0.25) is 5.91 Å². The predicted octanol–water partition coefficient (Wildman–Crippen LogP) is 2.56. The molecule has 0 saturated carbocycles. The van der Waals surface area contributed by atoms with Gasteiger partial charge in [0.1, 0.15) is 17.5 Å². The molecule has 2 N–H and O–H groups in total. The highest BCUT2D eigenvalue weighted by molar-refractivity contribution is 9.10. The molecule has 8 heteroatoms. The SMILES string of the molecule is CC(=O)Nc1cc(Br)c(=O)n(C2c3cc(C#N)ccc3OC(C)(C)C2O)c1. The second kappa shape index (κ2) is 6.83. The van der Waals surface area contributed by atoms with Crippen LogP contribution in [0.3, 0.4) is 0 Å². The quantitative estimate of drug-likeness (QED) is 0.759. The number of nitriles is 1. The van der Waals surface area contributed by atoms with Crippen LogP contribution in [0.1, 0.15) is 37.9 Å². The third-order valence-corrected chi connectivity index (χ3v) is 5.03. The molecule has 2 unspecified atom stereocenters. The summed E-state index contributed by atoms with van der Waals surface area (Å²) < 4.78 is 7.48. The Kier molecular flexibility index (Phi) is 4.84. The second-order valence-electron chi connectivity index (χ2n) is 6.93. The van der Waals surface area contributed by atoms with Crippen LogP contribution in [0.2, 0.25) is 0 Å². The highest BCUT2D eigenvalue weighted by Gasteiger charge is 2.44. The Hall–Kier alpha value is -2.63. The summed E-state index contributed by atoms with van der Waals surface area (Å²) in [6.07, 6.45) is 0.406. The minimum Gasteiger partial charge on any atom is -0.485 e. The van der Waals surface area contributed by atoms with Gasteiger partial charge in [0, 0.05) is 18.7 Å². The Morgan fingerprint density at radius 2 is 2.11 bits per heavy atom. The van der Waals surface area contributed by atoms with Crippen LogP contribution in [0.5, 0.6) is 5.75 Å². The first-order valence-corrected chi connectivity index (χ1v) is 9.04. The van der Waals surface area contributed by atoms with Crippen molar-refractivity contribution in [3.63, 3.8) is 0 Å². The lowest BCUT2D eigenvalue weighted by atomic mass is 9.85. The number of anilines is 1. The van der Waals surface area contributed by atoms with E-state index in [-0.39, 0.29) is 15.9 Å². The summed E-state index contributed by atoms with van der Waals surface area (Å²) in [5.74, 6) is 0.203. The van der Waals surface area contributed by atoms with Gasteiger partial charge in [-0.15, -0.1) is 0 Å². The monoisotopic (exact) mass is 431 g/mol. The number of carbonyl (C=O) groups is 1. The van der Waals surface area contributed by atoms with Crippen LogP contribution in [0.4, 0.5) is 5.69 Å². The molecule has 3 rings (SSSR count). The Morgan fingerprint density at radius 3 is 2.74 bits per heavy atom. The van der Waals surface area contributed by atoms with Crippen LogP contribution in [-0.2, 0) is 4.79 Å². The highest BCUT2D eigenvalue weighted by atomic mass is 79.9. The molecule has 0 aliphatic carbocycles. The van der Waals surface area contributed by atoms with Crippen LogP contribution in [-0.4, -0.2) is 27.3 Å². The number of hydrogen-bond donors (Lipinski definition) is 2. The average molecular weight is 432 g/mol. The molecule has 0 fully saturated rings. The minimum absolute atomic E-state index is 0.239. The van der Waals surface area contributed by atoms with Gasteiger partial charge in [0.05, 0.1) is 27.8 Å². The summed E-state index contributed by atoms with van der Waals surface area (Å²) in [6, 6.07) is 7.65. The maximum absolute atomic E-state index is 12.8. The largest absolute Gasteiger partial charge is 0.485 e. The number of rotatable bonds is 2. The molecule has 0 saturated heterocycles. The number of pyridine rings is 1. The first-order chi connectivity index (χ1) is 12.6. The van der Waals surface area contributed by atoms with E-state index in [2.05, 4.69) is 27.3 Å². The number of halogens is 1. The van der Waals surface area contributed by atoms with E-state index < -0.39 is 17.7 Å². The zero-order valence-electron chi connectivity index (χ0n) is 15.0. The number of hydrogen-bond acceptors (Lipinski definition) is 5. The second-order valence-corrected chi connectivity index (χ2v) is 7.78. The van der Waals surface area contributed by atoms with Gasteiger partial charge >= 0.3 is 0 Å². The van der Waals surface area contributed by atoms with Gasteiger partial charge in [-0.1, -0.05) is 0 Å². The van der Waals surface area contributed by atoms with Crippen molar-refractivity contribution in [1.82, 2.24) is 4.57 Å². The number of fused-ring (bicyclic) bond motifs is 1. The van der Waals surface area contributed by atoms with Crippen molar-refractivity contribution in [1.29, 1.82) is 5.26 Å². The van der Waals surface area contributed by atoms with Gasteiger partial charge in [-0.3, -0.25) is 9.59 Å². The topological polar surface area (TPSA) is 104 Å². The zero-order chi connectivity index (χ0) is 19.9. The molecule has 1 amide bonds. The Labute approximate surface area is 164 Å². The van der Waals surface area contributed by atoms with Gasteiger partial charge in [0.15, 0.2) is 0 Å². The molecule has 2 aromatic rings. The molecule has 0 radical (unpaired) electrons. The molecule has 1 aromatic heterocycles. The van der Waals surface area contributed by atoms with E-state index in [9.17, 15) is 20.0 Å². The van der Waals surface area contributed by atoms with Gasteiger partial charge in [-0.25, -0.2) is 0 Å². The number of ether oxygens (including phenoxy) is 1. The van der Waals surface area contributed by atoms with E-state index in [1.165, 1.54) is 23.8 Å². The zero-order valence-corrected chi connectivity index (χ0v) is 16.6. The molecular formula is C19H18BrN3O4. The number of amides is 1. The number of benzene rings is 1. The predicted molar refractivity (Wildman–Crippen MR) is 103 cm³/mol. The Balaban J connectivity index is 2.27. The maximum atomic E-state index is 12.8. The fourth-order valence-corrected chi connectivity index (χ4v) is 3.64. The molecule has 2 atom stereocenters. The third kappa shape index (κ3) is 3.48. The van der Waals surface area contributed by atoms with Crippen molar-refractivity contribution in [3.05, 3.63) is 56.4 Å². The molecule has 1 aliphatic heterocycles. The molecule has 0 spiro atoms. The summed E-state index contributed by atoms with van der Waals surface area (Å²) in [5, 5.41) is 22.8. The van der Waals surface area contributed by atoms with E-state index in [0.29, 0.717) is 22.6 Å². The summed E-state index contributed by atoms with van der Waals surface area (Å²) in [6.45, 7) is 4.82. The van der Waals surface area contributed by atoms with Crippen molar-refractivity contribution >= 4 is 27.5 Å². The Bertz CT molecular complexity index is 1020. The lowest BCUT2D eigenvalue weighted by molar-refractivity contribution is -0.114. The standard InChI is InChI=1S/C19H18BrN3O4/c1-10(24)22-12-7-14(20)18(26)23(9-12)16-13-6-11(8-21)4-5-15(13)27-19(2,3)17(16)25/h4-7,9,16-17,25H,1-3H3,(H,22,24). The lowest BCUT2D eigenvalue weighted by Crippen LogP contribution is -2.52. The van der Waals surface area contributed by atoms with Crippen molar-refractivity contribution < 1.29 is 14.6 Å². The minimum atomic E-state index is -1.07. The van der Waals surface area contributed by atoms with Crippen molar-refractivity contribution in [3.8, 4) is 11.8 Å². The normalized spacial score (nSPS) is 20.1. The number of nitrogens with one attached hydrogen (secondary N) is 1. The van der Waals surface area contributed by atoms with Crippen LogP contribution in [0.15, 0.2) is 39.7 Å². The first-order valence-electron chi connectivity index (χ1n) is 8.24. The van der Waals surface area contributed by atoms with Crippen molar-refractivity contribution in [2.75, 3.05) is 5.32 Å². The molecule has 27 heavy (non-hydrogen) atoms. The van der Waals surface area contributed by atoms with E-state index in [1.54, 1.807) is 32.0 Å². The lowest BCUT2D eigenvalue weighted by Gasteiger charge is -2.42. The van der Waals surface area contributed by atoms with Crippen LogP contribution in [0.25, 0.3) is 0 Å².